The van der Waals surface area contributed by atoms with E-state index >= 15 is 0 Å². The maximum Gasteiger partial charge on any atom is 0.269 e. The summed E-state index contributed by atoms with van der Waals surface area (Å²) in [4.78, 5) is 13.9. The van der Waals surface area contributed by atoms with Gasteiger partial charge in [-0.1, -0.05) is 37.0 Å². The lowest BCUT2D eigenvalue weighted by Gasteiger charge is -2.18. The first-order chi connectivity index (χ1) is 7.58. The average Bonchev–Trinajstić information content (AvgIpc) is 2.26. The molecule has 0 spiro atoms. The first kappa shape index (κ1) is 13.6. The zero-order chi connectivity index (χ0) is 12.1. The molecule has 5 heteroatoms. The van der Waals surface area contributed by atoms with Crippen molar-refractivity contribution in [1.82, 2.24) is 9.47 Å². The van der Waals surface area contributed by atoms with E-state index in [1.807, 2.05) is 0 Å². The van der Waals surface area contributed by atoms with Crippen LogP contribution in [0.3, 0.4) is 0 Å². The van der Waals surface area contributed by atoms with E-state index in [0.717, 1.165) is 19.6 Å². The predicted octanol–water partition coefficient (Wildman–Crippen LogP) is 2.50. The minimum Gasteiger partial charge on any atom is -0.311 e. The lowest BCUT2D eigenvalue weighted by molar-refractivity contribution is 0.289. The number of hydrogen-bond donors (Lipinski definition) is 0. The number of halogens is 2. The van der Waals surface area contributed by atoms with Gasteiger partial charge in [-0.05, 0) is 19.2 Å². The second-order valence-corrected chi connectivity index (χ2v) is 4.38. The molecule has 1 rings (SSSR count). The van der Waals surface area contributed by atoms with Crippen LogP contribution in [0.5, 0.6) is 0 Å². The summed E-state index contributed by atoms with van der Waals surface area (Å²) in [5.74, 6) is 0. The van der Waals surface area contributed by atoms with Crippen LogP contribution in [-0.4, -0.2) is 29.1 Å². The van der Waals surface area contributed by atoms with Crippen molar-refractivity contribution in [3.8, 4) is 0 Å². The van der Waals surface area contributed by atoms with Crippen molar-refractivity contribution in [2.45, 2.75) is 20.4 Å². The molecule has 0 radical (unpaired) electrons. The van der Waals surface area contributed by atoms with Crippen LogP contribution in [0.2, 0.25) is 10.0 Å². The summed E-state index contributed by atoms with van der Waals surface area (Å²) in [7, 11) is 0. The van der Waals surface area contributed by atoms with Gasteiger partial charge in [0.2, 0.25) is 0 Å². The van der Waals surface area contributed by atoms with Crippen LogP contribution >= 0.6 is 23.2 Å². The Morgan fingerprint density at radius 1 is 1.31 bits per heavy atom. The van der Waals surface area contributed by atoms with Gasteiger partial charge in [0.05, 0.1) is 5.02 Å². The monoisotopic (exact) mass is 262 g/mol. The quantitative estimate of drug-likeness (QED) is 0.815. The highest BCUT2D eigenvalue weighted by Crippen LogP contribution is 2.11. The third-order valence-electron chi connectivity index (χ3n) is 2.56. The minimum atomic E-state index is -0.182. The van der Waals surface area contributed by atoms with E-state index in [0.29, 0.717) is 11.6 Å². The molecular formula is C11H16Cl2N2O. The molecule has 0 aliphatic carbocycles. The summed E-state index contributed by atoms with van der Waals surface area (Å²) in [5.41, 5.74) is -0.182. The zero-order valence-corrected chi connectivity index (χ0v) is 11.1. The summed E-state index contributed by atoms with van der Waals surface area (Å²) in [6.07, 6.45) is 1.62. The van der Waals surface area contributed by atoms with Gasteiger partial charge in [-0.3, -0.25) is 4.79 Å². The Kier molecular flexibility index (Phi) is 5.32. The van der Waals surface area contributed by atoms with Gasteiger partial charge in [0.15, 0.2) is 0 Å². The number of aromatic nitrogens is 1. The van der Waals surface area contributed by atoms with Crippen molar-refractivity contribution < 1.29 is 0 Å². The fourth-order valence-corrected chi connectivity index (χ4v) is 2.03. The number of rotatable bonds is 5. The second-order valence-electron chi connectivity index (χ2n) is 3.53. The molecule has 0 saturated heterocycles. The van der Waals surface area contributed by atoms with Crippen molar-refractivity contribution in [2.24, 2.45) is 0 Å². The van der Waals surface area contributed by atoms with Crippen LogP contribution in [0.1, 0.15) is 13.8 Å². The minimum absolute atomic E-state index is 0.173. The average molecular weight is 263 g/mol. The van der Waals surface area contributed by atoms with Crippen LogP contribution in [0.4, 0.5) is 0 Å². The van der Waals surface area contributed by atoms with E-state index in [1.165, 1.54) is 6.07 Å². The molecule has 1 aromatic rings. The maximum atomic E-state index is 11.7. The first-order valence-electron chi connectivity index (χ1n) is 5.36. The topological polar surface area (TPSA) is 25.2 Å². The molecule has 0 saturated carbocycles. The highest BCUT2D eigenvalue weighted by Gasteiger charge is 2.05. The Morgan fingerprint density at radius 2 is 1.94 bits per heavy atom. The summed E-state index contributed by atoms with van der Waals surface area (Å²) >= 11 is 11.6. The highest BCUT2D eigenvalue weighted by atomic mass is 35.5. The SMILES string of the molecule is CCN(CC)CCn1cc(Cl)cc(Cl)c1=O. The molecule has 0 aromatic carbocycles. The van der Waals surface area contributed by atoms with Gasteiger partial charge in [0.25, 0.3) is 5.56 Å². The largest absolute Gasteiger partial charge is 0.311 e. The van der Waals surface area contributed by atoms with E-state index in [1.54, 1.807) is 10.8 Å². The van der Waals surface area contributed by atoms with E-state index in [-0.39, 0.29) is 10.6 Å². The molecule has 0 N–H and O–H groups in total. The lowest BCUT2D eigenvalue weighted by Crippen LogP contribution is -2.30. The molecule has 0 fully saturated rings. The van der Waals surface area contributed by atoms with Crippen LogP contribution < -0.4 is 5.56 Å². The molecule has 0 bridgehead atoms. The number of pyridine rings is 1. The lowest BCUT2D eigenvalue weighted by atomic mass is 10.4. The summed E-state index contributed by atoms with van der Waals surface area (Å²) in [6, 6.07) is 1.47. The molecule has 0 aliphatic rings. The van der Waals surface area contributed by atoms with Crippen molar-refractivity contribution in [3.05, 3.63) is 32.7 Å². The Labute approximate surface area is 106 Å². The maximum absolute atomic E-state index is 11.7. The molecule has 16 heavy (non-hydrogen) atoms. The Hall–Kier alpha value is -0.510. The first-order valence-corrected chi connectivity index (χ1v) is 6.11. The van der Waals surface area contributed by atoms with Gasteiger partial charge in [-0.15, -0.1) is 0 Å². The Morgan fingerprint density at radius 3 is 2.50 bits per heavy atom. The van der Waals surface area contributed by atoms with Gasteiger partial charge in [0.1, 0.15) is 5.02 Å². The standard InChI is InChI=1S/C11H16Cl2N2O/c1-3-14(4-2)5-6-15-8-9(12)7-10(13)11(15)16/h7-8H,3-6H2,1-2H3. The fraction of sp³-hybridized carbons (Fsp3) is 0.545. The Bertz CT molecular complexity index is 399. The molecule has 90 valence electrons. The molecule has 1 heterocycles. The van der Waals surface area contributed by atoms with E-state index in [4.69, 9.17) is 23.2 Å². The third kappa shape index (κ3) is 3.51. The van der Waals surface area contributed by atoms with Gasteiger partial charge in [-0.25, -0.2) is 0 Å². The molecule has 0 amide bonds. The van der Waals surface area contributed by atoms with Crippen molar-refractivity contribution >= 4 is 23.2 Å². The summed E-state index contributed by atoms with van der Waals surface area (Å²) < 4.78 is 1.56. The molecule has 0 unspecified atom stereocenters. The molecule has 3 nitrogen and oxygen atoms in total. The fourth-order valence-electron chi connectivity index (χ4n) is 1.52. The molecule has 0 atom stereocenters. The molecule has 1 aromatic heterocycles. The Balaban J connectivity index is 2.77. The summed E-state index contributed by atoms with van der Waals surface area (Å²) in [5, 5.41) is 0.663. The van der Waals surface area contributed by atoms with Crippen LogP contribution in [0, 0.1) is 0 Å². The van der Waals surface area contributed by atoms with Crippen LogP contribution in [0.15, 0.2) is 17.1 Å². The van der Waals surface area contributed by atoms with Crippen LogP contribution in [0.25, 0.3) is 0 Å². The summed E-state index contributed by atoms with van der Waals surface area (Å²) in [6.45, 7) is 7.57. The van der Waals surface area contributed by atoms with Crippen molar-refractivity contribution in [2.75, 3.05) is 19.6 Å². The van der Waals surface area contributed by atoms with Gasteiger partial charge >= 0.3 is 0 Å². The molecular weight excluding hydrogens is 247 g/mol. The van der Waals surface area contributed by atoms with Crippen molar-refractivity contribution in [3.63, 3.8) is 0 Å². The van der Waals surface area contributed by atoms with E-state index in [9.17, 15) is 4.79 Å². The number of hydrogen-bond acceptors (Lipinski definition) is 2. The number of likely N-dealkylation sites (N-methyl/N-ethyl adjacent to an activating group) is 1. The van der Waals surface area contributed by atoms with Gasteiger partial charge in [-0.2, -0.15) is 0 Å². The highest BCUT2D eigenvalue weighted by molar-refractivity contribution is 6.34. The molecule has 0 aliphatic heterocycles. The third-order valence-corrected chi connectivity index (χ3v) is 3.04. The van der Waals surface area contributed by atoms with Gasteiger partial charge in [0, 0.05) is 19.3 Å². The zero-order valence-electron chi connectivity index (χ0n) is 9.54. The van der Waals surface area contributed by atoms with Crippen molar-refractivity contribution in [1.29, 1.82) is 0 Å². The van der Waals surface area contributed by atoms with Gasteiger partial charge < -0.3 is 9.47 Å². The van der Waals surface area contributed by atoms with E-state index < -0.39 is 0 Å². The van der Waals surface area contributed by atoms with E-state index in [2.05, 4.69) is 18.7 Å². The predicted molar refractivity (Wildman–Crippen MR) is 68.5 cm³/mol. The number of nitrogens with zero attached hydrogens (tertiary/aromatic N) is 2. The smallest absolute Gasteiger partial charge is 0.269 e. The second kappa shape index (κ2) is 6.28. The normalized spacial score (nSPS) is 11.1. The van der Waals surface area contributed by atoms with Crippen LogP contribution in [-0.2, 0) is 6.54 Å².